The zero-order valence-corrected chi connectivity index (χ0v) is 34.8. The zero-order chi connectivity index (χ0) is 40.5. The van der Waals surface area contributed by atoms with Crippen LogP contribution >= 0.6 is 0 Å². The third-order valence-electron chi connectivity index (χ3n) is 11.6. The summed E-state index contributed by atoms with van der Waals surface area (Å²) < 4.78 is 2.76. The fourth-order valence-corrected chi connectivity index (χ4v) is 11.3. The van der Waals surface area contributed by atoms with Crippen molar-refractivity contribution in [2.75, 3.05) is 0 Å². The Morgan fingerprint density at radius 1 is 0.279 bits per heavy atom. The molecule has 2 heterocycles. The van der Waals surface area contributed by atoms with Crippen LogP contribution in [0.25, 0.3) is 109 Å². The summed E-state index contributed by atoms with van der Waals surface area (Å²) in [4.78, 5) is 0. The number of rotatable bonds is 8. The van der Waals surface area contributed by atoms with Crippen LogP contribution in [-0.4, -0.2) is 29.9 Å². The molecule has 0 fully saturated rings. The fourth-order valence-electron chi connectivity index (χ4n) is 8.91. The standard InChI is InChI=1S/C57H37N3Se/c1-6-21-38(22-7-1)43-31-16-17-32-45(43)48-37-50-54(46-33-18-19-36-49(46)61-50)55(51(48)40-25-10-3-11-26-40)47-35-20-34-44(39-23-8-2-9-24-39)53(47)57-52(41-27-12-4-13-28-41)56(58-60-59-57)42-29-14-5-15-30-42/h1-37H. The van der Waals surface area contributed by atoms with Crippen LogP contribution in [0.2, 0.25) is 0 Å². The van der Waals surface area contributed by atoms with Crippen LogP contribution in [-0.2, 0) is 0 Å². The molecule has 0 bridgehead atoms. The number of fused-ring (bicyclic) bond motifs is 3. The third kappa shape index (κ3) is 6.60. The average Bonchev–Trinajstić information content (AvgIpc) is 3.73. The van der Waals surface area contributed by atoms with E-state index in [1.165, 1.54) is 52.7 Å². The van der Waals surface area contributed by atoms with Crippen molar-refractivity contribution in [3.63, 3.8) is 0 Å². The molecule has 0 spiro atoms. The van der Waals surface area contributed by atoms with Crippen molar-refractivity contribution in [2.45, 2.75) is 0 Å². The molecule has 3 nitrogen and oxygen atoms in total. The Hall–Kier alpha value is -7.49. The van der Waals surface area contributed by atoms with Crippen molar-refractivity contribution < 1.29 is 0 Å². The molecule has 2 aromatic heterocycles. The number of nitrogens with zero attached hydrogens (tertiary/aromatic N) is 3. The summed E-state index contributed by atoms with van der Waals surface area (Å²) in [5.74, 6) is 0. The van der Waals surface area contributed by atoms with Crippen molar-refractivity contribution >= 4 is 33.8 Å². The van der Waals surface area contributed by atoms with Gasteiger partial charge in [-0.15, -0.1) is 0 Å². The van der Waals surface area contributed by atoms with Gasteiger partial charge < -0.3 is 0 Å². The molecular weight excluding hydrogens is 806 g/mol. The topological polar surface area (TPSA) is 38.7 Å². The number of benzene rings is 9. The minimum atomic E-state index is 0.0791. The van der Waals surface area contributed by atoms with Gasteiger partial charge in [-0.2, -0.15) is 0 Å². The summed E-state index contributed by atoms with van der Waals surface area (Å²) in [5.41, 5.74) is 17.2. The normalized spacial score (nSPS) is 11.3. The quantitative estimate of drug-likeness (QED) is 0.143. The molecule has 9 aromatic carbocycles. The first-order valence-electron chi connectivity index (χ1n) is 20.5. The fraction of sp³-hybridized carbons (Fsp3) is 0. The minimum absolute atomic E-state index is 0.0791. The van der Waals surface area contributed by atoms with Crippen LogP contribution in [0.1, 0.15) is 0 Å². The van der Waals surface area contributed by atoms with Crippen molar-refractivity contribution in [2.24, 2.45) is 0 Å². The van der Waals surface area contributed by atoms with Crippen LogP contribution in [0, 0.1) is 0 Å². The van der Waals surface area contributed by atoms with E-state index in [2.05, 4.69) is 224 Å². The molecular formula is C57H37N3Se. The van der Waals surface area contributed by atoms with Crippen molar-refractivity contribution in [1.29, 1.82) is 0 Å². The number of hydrogen-bond donors (Lipinski definition) is 0. The molecule has 61 heavy (non-hydrogen) atoms. The Kier molecular flexibility index (Phi) is 9.55. The van der Waals surface area contributed by atoms with Gasteiger partial charge in [-0.25, -0.2) is 0 Å². The SMILES string of the molecule is c1ccc(-c2ccccc2-c2cc3[se]c4ccccc4c3c(-c3cccc(-c4ccccc4)c3-c3nnnc(-c4ccccc4)c3-c3ccccc3)c2-c2ccccc2)cc1. The van der Waals surface area contributed by atoms with E-state index < -0.39 is 0 Å². The van der Waals surface area contributed by atoms with Gasteiger partial charge in [0.2, 0.25) is 0 Å². The second-order valence-electron chi connectivity index (χ2n) is 15.1. The number of aromatic nitrogens is 3. The summed E-state index contributed by atoms with van der Waals surface area (Å²) in [7, 11) is 0. The predicted molar refractivity (Wildman–Crippen MR) is 255 cm³/mol. The predicted octanol–water partition coefficient (Wildman–Crippen LogP) is 14.6. The Balaban J connectivity index is 1.35. The molecule has 4 heteroatoms. The molecule has 0 aliphatic rings. The van der Waals surface area contributed by atoms with E-state index in [4.69, 9.17) is 10.2 Å². The van der Waals surface area contributed by atoms with Gasteiger partial charge >= 0.3 is 363 Å². The second kappa shape index (κ2) is 15.9. The van der Waals surface area contributed by atoms with E-state index in [-0.39, 0.29) is 14.5 Å². The molecule has 0 amide bonds. The molecule has 0 unspecified atom stereocenters. The van der Waals surface area contributed by atoms with Gasteiger partial charge in [0.15, 0.2) is 0 Å². The maximum absolute atomic E-state index is 5.10. The summed E-state index contributed by atoms with van der Waals surface area (Å²) in [5, 5.41) is 17.1. The first-order chi connectivity index (χ1) is 30.3. The van der Waals surface area contributed by atoms with Gasteiger partial charge in [-0.05, 0) is 0 Å². The molecule has 0 saturated heterocycles. The van der Waals surface area contributed by atoms with E-state index >= 15 is 0 Å². The molecule has 0 aliphatic carbocycles. The molecule has 0 aliphatic heterocycles. The molecule has 0 radical (unpaired) electrons. The maximum atomic E-state index is 5.10. The number of hydrogen-bond acceptors (Lipinski definition) is 3. The van der Waals surface area contributed by atoms with E-state index in [0.29, 0.717) is 0 Å². The van der Waals surface area contributed by atoms with Crippen molar-refractivity contribution in [1.82, 2.24) is 15.4 Å². The molecule has 0 N–H and O–H groups in total. The van der Waals surface area contributed by atoms with Gasteiger partial charge in [0.1, 0.15) is 0 Å². The molecule has 0 saturated carbocycles. The first-order valence-corrected chi connectivity index (χ1v) is 22.2. The zero-order valence-electron chi connectivity index (χ0n) is 33.1. The summed E-state index contributed by atoms with van der Waals surface area (Å²) >= 11 is 0.0791. The van der Waals surface area contributed by atoms with E-state index in [1.54, 1.807) is 0 Å². The average molecular weight is 843 g/mol. The Labute approximate surface area is 361 Å². The van der Waals surface area contributed by atoms with Crippen LogP contribution in [0.5, 0.6) is 0 Å². The first kappa shape index (κ1) is 36.6. The van der Waals surface area contributed by atoms with Crippen molar-refractivity contribution in [3.05, 3.63) is 224 Å². The second-order valence-corrected chi connectivity index (χ2v) is 17.4. The van der Waals surface area contributed by atoms with Gasteiger partial charge in [0, 0.05) is 0 Å². The van der Waals surface area contributed by atoms with E-state index in [1.807, 2.05) is 6.07 Å². The summed E-state index contributed by atoms with van der Waals surface area (Å²) in [6.07, 6.45) is 0. The van der Waals surface area contributed by atoms with Crippen LogP contribution in [0.4, 0.5) is 0 Å². The van der Waals surface area contributed by atoms with Gasteiger partial charge in [-0.3, -0.25) is 0 Å². The van der Waals surface area contributed by atoms with Crippen LogP contribution in [0.3, 0.4) is 0 Å². The molecule has 11 rings (SSSR count). The Morgan fingerprint density at radius 3 is 1.41 bits per heavy atom. The van der Waals surface area contributed by atoms with Gasteiger partial charge in [0.25, 0.3) is 0 Å². The Morgan fingerprint density at radius 2 is 0.754 bits per heavy atom. The van der Waals surface area contributed by atoms with Crippen LogP contribution < -0.4 is 0 Å². The van der Waals surface area contributed by atoms with Crippen molar-refractivity contribution in [3.8, 4) is 89.3 Å². The molecule has 286 valence electrons. The van der Waals surface area contributed by atoms with E-state index in [9.17, 15) is 0 Å². The van der Waals surface area contributed by atoms with Crippen LogP contribution in [0.15, 0.2) is 224 Å². The third-order valence-corrected chi connectivity index (χ3v) is 13.9. The van der Waals surface area contributed by atoms with Gasteiger partial charge in [-0.1, -0.05) is 0 Å². The monoisotopic (exact) mass is 843 g/mol. The molecule has 0 atom stereocenters. The summed E-state index contributed by atoms with van der Waals surface area (Å²) in [6.45, 7) is 0. The summed E-state index contributed by atoms with van der Waals surface area (Å²) in [6, 6.07) is 80.5. The Bertz CT molecular complexity index is 3330. The molecule has 11 aromatic rings. The van der Waals surface area contributed by atoms with Gasteiger partial charge in [0.05, 0.1) is 0 Å². The van der Waals surface area contributed by atoms with E-state index in [0.717, 1.165) is 55.9 Å².